The smallest absolute Gasteiger partial charge is 0.244 e. The molecule has 8 heteroatoms. The molecular weight excluding hydrogens is 360 g/mol. The fourth-order valence-electron chi connectivity index (χ4n) is 2.86. The number of amides is 1. The summed E-state index contributed by atoms with van der Waals surface area (Å²) in [5.74, 6) is -0.138. The second kappa shape index (κ2) is 5.35. The van der Waals surface area contributed by atoms with Gasteiger partial charge in [0.2, 0.25) is 15.9 Å². The van der Waals surface area contributed by atoms with Gasteiger partial charge in [-0.2, -0.15) is 4.31 Å². The molecule has 0 spiro atoms. The SMILES string of the molecule is O=C1Cc2cc(S(=O)(=O)N3CCCC3CO)c(Br)cc2N1. The molecule has 2 aliphatic heterocycles. The first-order chi connectivity index (χ1) is 9.93. The Morgan fingerprint density at radius 2 is 2.19 bits per heavy atom. The van der Waals surface area contributed by atoms with Crippen LogP contribution in [0.3, 0.4) is 0 Å². The van der Waals surface area contributed by atoms with Crippen molar-refractivity contribution in [2.75, 3.05) is 18.5 Å². The Labute approximate surface area is 131 Å². The van der Waals surface area contributed by atoms with Crippen LogP contribution in [0.2, 0.25) is 0 Å². The zero-order valence-electron chi connectivity index (χ0n) is 11.2. The number of sulfonamides is 1. The fourth-order valence-corrected chi connectivity index (χ4v) is 5.60. The highest BCUT2D eigenvalue weighted by molar-refractivity contribution is 9.10. The first kappa shape index (κ1) is 15.0. The van der Waals surface area contributed by atoms with Crippen molar-refractivity contribution in [2.45, 2.75) is 30.2 Å². The lowest BCUT2D eigenvalue weighted by molar-refractivity contribution is -0.115. The van der Waals surface area contributed by atoms with Crippen LogP contribution in [0.4, 0.5) is 5.69 Å². The minimum Gasteiger partial charge on any atom is -0.395 e. The van der Waals surface area contributed by atoms with Gasteiger partial charge < -0.3 is 10.4 Å². The molecule has 1 saturated heterocycles. The number of hydrogen-bond donors (Lipinski definition) is 2. The lowest BCUT2D eigenvalue weighted by Crippen LogP contribution is -2.37. The Morgan fingerprint density at radius 1 is 1.43 bits per heavy atom. The molecular formula is C13H15BrN2O4S. The van der Waals surface area contributed by atoms with Gasteiger partial charge in [0.1, 0.15) is 0 Å². The maximum absolute atomic E-state index is 12.8. The van der Waals surface area contributed by atoms with E-state index in [0.29, 0.717) is 28.7 Å². The third-order valence-electron chi connectivity index (χ3n) is 3.90. The Hall–Kier alpha value is -0.960. The van der Waals surface area contributed by atoms with Crippen molar-refractivity contribution in [1.29, 1.82) is 0 Å². The van der Waals surface area contributed by atoms with Crippen LogP contribution in [0, 0.1) is 0 Å². The number of fused-ring (bicyclic) bond motifs is 1. The van der Waals surface area contributed by atoms with E-state index in [1.165, 1.54) is 4.31 Å². The maximum atomic E-state index is 12.8. The van der Waals surface area contributed by atoms with E-state index in [4.69, 9.17) is 0 Å². The number of hydrogen-bond acceptors (Lipinski definition) is 4. The molecule has 1 aromatic carbocycles. The van der Waals surface area contributed by atoms with Crippen molar-refractivity contribution in [3.63, 3.8) is 0 Å². The summed E-state index contributed by atoms with van der Waals surface area (Å²) in [4.78, 5) is 11.6. The molecule has 21 heavy (non-hydrogen) atoms. The summed E-state index contributed by atoms with van der Waals surface area (Å²) in [6, 6.07) is 2.80. The van der Waals surface area contributed by atoms with Gasteiger partial charge >= 0.3 is 0 Å². The molecule has 1 fully saturated rings. The molecule has 2 N–H and O–H groups in total. The molecule has 3 rings (SSSR count). The van der Waals surface area contributed by atoms with E-state index in [-0.39, 0.29) is 29.9 Å². The van der Waals surface area contributed by atoms with Gasteiger partial charge in [-0.1, -0.05) is 0 Å². The fraction of sp³-hybridized carbons (Fsp3) is 0.462. The van der Waals surface area contributed by atoms with E-state index in [9.17, 15) is 18.3 Å². The third kappa shape index (κ3) is 2.50. The number of carbonyl (C=O) groups excluding carboxylic acids is 1. The topological polar surface area (TPSA) is 86.7 Å². The predicted molar refractivity (Wildman–Crippen MR) is 80.5 cm³/mol. The third-order valence-corrected chi connectivity index (χ3v) is 6.81. The van der Waals surface area contributed by atoms with Gasteiger partial charge in [0, 0.05) is 22.7 Å². The molecule has 6 nitrogen and oxygen atoms in total. The highest BCUT2D eigenvalue weighted by Gasteiger charge is 2.36. The van der Waals surface area contributed by atoms with Crippen LogP contribution in [0.25, 0.3) is 0 Å². The van der Waals surface area contributed by atoms with Gasteiger partial charge in [-0.15, -0.1) is 0 Å². The minimum absolute atomic E-state index is 0.138. The van der Waals surface area contributed by atoms with Crippen LogP contribution in [0.5, 0.6) is 0 Å². The van der Waals surface area contributed by atoms with Crippen molar-refractivity contribution in [2.24, 2.45) is 0 Å². The quantitative estimate of drug-likeness (QED) is 0.828. The lowest BCUT2D eigenvalue weighted by Gasteiger charge is -2.23. The molecule has 1 amide bonds. The number of aliphatic hydroxyl groups excluding tert-OH is 1. The zero-order valence-corrected chi connectivity index (χ0v) is 13.6. The summed E-state index contributed by atoms with van der Waals surface area (Å²) in [5.41, 5.74) is 1.33. The standard InChI is InChI=1S/C13H15BrN2O4S/c14-10-6-11-8(5-13(18)15-11)4-12(10)21(19,20)16-3-1-2-9(16)7-17/h4,6,9,17H,1-3,5,7H2,(H,15,18). The average molecular weight is 375 g/mol. The number of halogens is 1. The van der Waals surface area contributed by atoms with Gasteiger partial charge in [-0.25, -0.2) is 8.42 Å². The van der Waals surface area contributed by atoms with Crippen LogP contribution in [0.15, 0.2) is 21.5 Å². The normalized spacial score (nSPS) is 22.4. The summed E-state index contributed by atoms with van der Waals surface area (Å²) >= 11 is 3.27. The molecule has 2 aliphatic rings. The molecule has 1 atom stereocenters. The monoisotopic (exact) mass is 374 g/mol. The van der Waals surface area contributed by atoms with Crippen molar-refractivity contribution >= 4 is 37.5 Å². The number of anilines is 1. The number of carbonyl (C=O) groups is 1. The van der Waals surface area contributed by atoms with Gasteiger partial charge in [-0.05, 0) is 46.5 Å². The van der Waals surface area contributed by atoms with Crippen molar-refractivity contribution in [3.8, 4) is 0 Å². The molecule has 1 aromatic rings. The maximum Gasteiger partial charge on any atom is 0.244 e. The summed E-state index contributed by atoms with van der Waals surface area (Å²) in [6.07, 6.45) is 1.60. The molecule has 0 saturated carbocycles. The molecule has 0 radical (unpaired) electrons. The number of nitrogens with zero attached hydrogens (tertiary/aromatic N) is 1. The van der Waals surface area contributed by atoms with Gasteiger partial charge in [0.25, 0.3) is 0 Å². The number of nitrogens with one attached hydrogen (secondary N) is 1. The van der Waals surface area contributed by atoms with Crippen LogP contribution in [0.1, 0.15) is 18.4 Å². The lowest BCUT2D eigenvalue weighted by atomic mass is 10.2. The van der Waals surface area contributed by atoms with E-state index in [2.05, 4.69) is 21.2 Å². The van der Waals surface area contributed by atoms with Gasteiger partial charge in [-0.3, -0.25) is 4.79 Å². The first-order valence-corrected chi connectivity index (χ1v) is 8.92. The minimum atomic E-state index is -3.68. The number of rotatable bonds is 3. The summed E-state index contributed by atoms with van der Waals surface area (Å²) in [6.45, 7) is 0.232. The van der Waals surface area contributed by atoms with E-state index in [1.54, 1.807) is 12.1 Å². The van der Waals surface area contributed by atoms with Crippen LogP contribution in [-0.4, -0.2) is 42.9 Å². The van der Waals surface area contributed by atoms with E-state index in [1.807, 2.05) is 0 Å². The van der Waals surface area contributed by atoms with Crippen LogP contribution >= 0.6 is 15.9 Å². The molecule has 0 bridgehead atoms. The highest BCUT2D eigenvalue weighted by atomic mass is 79.9. The second-order valence-corrected chi connectivity index (χ2v) is 7.97. The van der Waals surface area contributed by atoms with E-state index in [0.717, 1.165) is 6.42 Å². The highest BCUT2D eigenvalue weighted by Crippen LogP contribution is 2.35. The largest absolute Gasteiger partial charge is 0.395 e. The number of benzene rings is 1. The van der Waals surface area contributed by atoms with Crippen molar-refractivity contribution in [1.82, 2.24) is 4.31 Å². The molecule has 0 aliphatic carbocycles. The van der Waals surface area contributed by atoms with Crippen molar-refractivity contribution in [3.05, 3.63) is 22.2 Å². The van der Waals surface area contributed by atoms with Crippen LogP contribution < -0.4 is 5.32 Å². The van der Waals surface area contributed by atoms with Gasteiger partial charge in [0.05, 0.1) is 17.9 Å². The molecule has 2 heterocycles. The van der Waals surface area contributed by atoms with Crippen LogP contribution in [-0.2, 0) is 21.2 Å². The molecule has 114 valence electrons. The Morgan fingerprint density at radius 3 is 2.90 bits per heavy atom. The molecule has 1 unspecified atom stereocenters. The number of aliphatic hydroxyl groups is 1. The van der Waals surface area contributed by atoms with E-state index >= 15 is 0 Å². The average Bonchev–Trinajstić information content (AvgIpc) is 3.02. The van der Waals surface area contributed by atoms with Gasteiger partial charge in [0.15, 0.2) is 0 Å². The summed E-state index contributed by atoms with van der Waals surface area (Å²) in [7, 11) is -3.68. The predicted octanol–water partition coefficient (Wildman–Crippen LogP) is 1.09. The summed E-state index contributed by atoms with van der Waals surface area (Å²) < 4.78 is 27.3. The Balaban J connectivity index is 2.04. The first-order valence-electron chi connectivity index (χ1n) is 6.68. The Bertz CT molecular complexity index is 704. The Kier molecular flexibility index (Phi) is 3.81. The van der Waals surface area contributed by atoms with Crippen molar-refractivity contribution < 1.29 is 18.3 Å². The molecule has 0 aromatic heterocycles. The second-order valence-electron chi connectivity index (χ2n) is 5.26. The zero-order chi connectivity index (χ0) is 15.2. The summed E-state index contributed by atoms with van der Waals surface area (Å²) in [5, 5.41) is 12.0. The van der Waals surface area contributed by atoms with E-state index < -0.39 is 10.0 Å².